The highest BCUT2D eigenvalue weighted by atomic mass is 79.9. The van der Waals surface area contributed by atoms with Gasteiger partial charge in [-0.2, -0.15) is 13.2 Å². The van der Waals surface area contributed by atoms with Crippen molar-refractivity contribution in [3.63, 3.8) is 0 Å². The van der Waals surface area contributed by atoms with E-state index in [1.165, 1.54) is 6.07 Å². The molecule has 1 rings (SSSR count). The summed E-state index contributed by atoms with van der Waals surface area (Å²) in [6.45, 7) is 0. The predicted molar refractivity (Wildman–Crippen MR) is 54.3 cm³/mol. The number of benzene rings is 1. The Morgan fingerprint density at radius 3 is 2.20 bits per heavy atom. The van der Waals surface area contributed by atoms with Crippen molar-refractivity contribution in [2.45, 2.75) is 12.2 Å². The summed E-state index contributed by atoms with van der Waals surface area (Å²) in [5.41, 5.74) is 4.29. The zero-order chi connectivity index (χ0) is 10.9. The molecule has 7 heteroatoms. The summed E-state index contributed by atoms with van der Waals surface area (Å²) in [6.07, 6.45) is -4.63. The molecule has 0 bridgehead atoms. The second-order valence-corrected chi connectivity index (χ2v) is 3.60. The van der Waals surface area contributed by atoms with Crippen molar-refractivity contribution in [1.82, 2.24) is 0 Å². The van der Waals surface area contributed by atoms with Crippen LogP contribution in [0.3, 0.4) is 0 Å². The summed E-state index contributed by atoms with van der Waals surface area (Å²) in [4.78, 5) is 0. The molecule has 2 N–H and O–H groups in total. The Labute approximate surface area is 98.2 Å². The smallest absolute Gasteiger partial charge is 0.316 e. The summed E-state index contributed by atoms with van der Waals surface area (Å²) < 4.78 is 49.7. The molecule has 1 atom stereocenters. The second-order valence-electron chi connectivity index (χ2n) is 2.69. The summed E-state index contributed by atoms with van der Waals surface area (Å²) in [5.74, 6) is -0.968. The van der Waals surface area contributed by atoms with E-state index in [2.05, 4.69) is 15.9 Å². The lowest BCUT2D eigenvalue weighted by Crippen LogP contribution is -2.29. The number of rotatable bonds is 1. The predicted octanol–water partition coefficient (Wildman–Crippen LogP) is 3.57. The van der Waals surface area contributed by atoms with Crippen LogP contribution in [0, 0.1) is 5.82 Å². The van der Waals surface area contributed by atoms with E-state index in [4.69, 9.17) is 5.73 Å². The monoisotopic (exact) mass is 307 g/mol. The molecule has 0 aliphatic heterocycles. The maximum absolute atomic E-state index is 13.0. The largest absolute Gasteiger partial charge is 0.407 e. The van der Waals surface area contributed by atoms with E-state index in [1.54, 1.807) is 0 Å². The van der Waals surface area contributed by atoms with Gasteiger partial charge in [-0.3, -0.25) is 0 Å². The molecule has 86 valence electrons. The summed E-state index contributed by atoms with van der Waals surface area (Å²) in [7, 11) is 0. The fraction of sp³-hybridized carbons (Fsp3) is 0.250. The van der Waals surface area contributed by atoms with E-state index in [1.807, 2.05) is 0 Å². The quantitative estimate of drug-likeness (QED) is 0.789. The molecule has 0 fully saturated rings. The lowest BCUT2D eigenvalue weighted by atomic mass is 10.1. The van der Waals surface area contributed by atoms with Crippen molar-refractivity contribution in [3.05, 3.63) is 34.1 Å². The fourth-order valence-corrected chi connectivity index (χ4v) is 1.26. The van der Waals surface area contributed by atoms with Crippen molar-refractivity contribution in [1.29, 1.82) is 0 Å². The molecule has 0 radical (unpaired) electrons. The molecule has 0 heterocycles. The maximum atomic E-state index is 13.0. The van der Waals surface area contributed by atoms with Gasteiger partial charge in [-0.05, 0) is 12.1 Å². The molecule has 0 aliphatic carbocycles. The van der Waals surface area contributed by atoms with Gasteiger partial charge in [0.25, 0.3) is 0 Å². The molecule has 0 saturated carbocycles. The first kappa shape index (κ1) is 14.7. The Morgan fingerprint density at radius 2 is 1.80 bits per heavy atom. The second kappa shape index (κ2) is 5.14. The molecule has 0 aliphatic rings. The van der Waals surface area contributed by atoms with Gasteiger partial charge in [-0.15, -0.1) is 12.4 Å². The van der Waals surface area contributed by atoms with Gasteiger partial charge in [0.1, 0.15) is 11.9 Å². The third-order valence-corrected chi connectivity index (χ3v) is 2.14. The van der Waals surface area contributed by atoms with E-state index in [0.29, 0.717) is 4.47 Å². The molecular weight excluding hydrogens is 301 g/mol. The number of hydrogen-bond acceptors (Lipinski definition) is 1. The molecule has 0 amide bonds. The van der Waals surface area contributed by atoms with Crippen LogP contribution in [0.2, 0.25) is 0 Å². The Balaban J connectivity index is 0.00000196. The third-order valence-electron chi connectivity index (χ3n) is 1.65. The minimum Gasteiger partial charge on any atom is -0.316 e. The molecule has 15 heavy (non-hydrogen) atoms. The van der Waals surface area contributed by atoms with Crippen molar-refractivity contribution in [3.8, 4) is 0 Å². The lowest BCUT2D eigenvalue weighted by Gasteiger charge is -2.16. The van der Waals surface area contributed by atoms with Crippen LogP contribution in [-0.4, -0.2) is 6.18 Å². The molecule has 0 spiro atoms. The highest BCUT2D eigenvalue weighted by molar-refractivity contribution is 9.10. The van der Waals surface area contributed by atoms with Crippen LogP contribution in [0.25, 0.3) is 0 Å². The van der Waals surface area contributed by atoms with Crippen molar-refractivity contribution >= 4 is 28.3 Å². The molecule has 0 saturated heterocycles. The first-order chi connectivity index (χ1) is 6.32. The molecule has 1 aromatic rings. The maximum Gasteiger partial charge on any atom is 0.407 e. The number of halogens is 6. The highest BCUT2D eigenvalue weighted by Crippen LogP contribution is 2.32. The molecule has 1 aromatic carbocycles. The van der Waals surface area contributed by atoms with Crippen molar-refractivity contribution in [2.24, 2.45) is 5.73 Å². The van der Waals surface area contributed by atoms with E-state index in [9.17, 15) is 17.6 Å². The van der Waals surface area contributed by atoms with E-state index < -0.39 is 23.6 Å². The van der Waals surface area contributed by atoms with Gasteiger partial charge < -0.3 is 5.73 Å². The zero-order valence-electron chi connectivity index (χ0n) is 7.18. The Hall–Kier alpha value is -0.330. The van der Waals surface area contributed by atoms with E-state index in [-0.39, 0.29) is 12.4 Å². The van der Waals surface area contributed by atoms with Gasteiger partial charge in [-0.1, -0.05) is 22.0 Å². The number of hydrogen-bond donors (Lipinski definition) is 1. The Morgan fingerprint density at radius 1 is 1.27 bits per heavy atom. The van der Waals surface area contributed by atoms with Crippen LogP contribution in [-0.2, 0) is 0 Å². The van der Waals surface area contributed by atoms with Crippen LogP contribution in [0.15, 0.2) is 22.7 Å². The van der Waals surface area contributed by atoms with Crippen molar-refractivity contribution < 1.29 is 17.6 Å². The van der Waals surface area contributed by atoms with Crippen LogP contribution in [0.1, 0.15) is 11.6 Å². The van der Waals surface area contributed by atoms with Gasteiger partial charge in [-0.25, -0.2) is 4.39 Å². The lowest BCUT2D eigenvalue weighted by molar-refractivity contribution is -0.149. The summed E-state index contributed by atoms with van der Waals surface area (Å²) in [6, 6.07) is 0.985. The molecule has 1 nitrogen and oxygen atoms in total. The van der Waals surface area contributed by atoms with Gasteiger partial charge >= 0.3 is 6.18 Å². The Bertz CT molecular complexity index is 342. The van der Waals surface area contributed by atoms with Crippen LogP contribution in [0.4, 0.5) is 17.6 Å². The minimum atomic E-state index is -4.63. The SMILES string of the molecule is Cl.N[C@@H](c1ccc(Br)cc1F)C(F)(F)F. The molecule has 0 aromatic heterocycles. The normalized spacial score (nSPS) is 13.2. The van der Waals surface area contributed by atoms with Gasteiger partial charge in [0.15, 0.2) is 0 Å². The van der Waals surface area contributed by atoms with E-state index in [0.717, 1.165) is 12.1 Å². The van der Waals surface area contributed by atoms with Gasteiger partial charge in [0.2, 0.25) is 0 Å². The standard InChI is InChI=1S/C8H6BrF4N.ClH/c9-4-1-2-5(6(10)3-4)7(14)8(11,12)13;/h1-3,7H,14H2;1H/t7-;/m0./s1. The summed E-state index contributed by atoms with van der Waals surface area (Å²) in [5, 5.41) is 0. The van der Waals surface area contributed by atoms with Crippen molar-refractivity contribution in [2.75, 3.05) is 0 Å². The number of nitrogens with two attached hydrogens (primary N) is 1. The Kier molecular flexibility index (Phi) is 5.02. The zero-order valence-corrected chi connectivity index (χ0v) is 9.59. The topological polar surface area (TPSA) is 26.0 Å². The van der Waals surface area contributed by atoms with Crippen LogP contribution in [0.5, 0.6) is 0 Å². The molecular formula is C8H7BrClF4N. The third kappa shape index (κ3) is 3.62. The van der Waals surface area contributed by atoms with Gasteiger partial charge in [0.05, 0.1) is 0 Å². The summed E-state index contributed by atoms with van der Waals surface area (Å²) >= 11 is 2.93. The van der Waals surface area contributed by atoms with Crippen LogP contribution < -0.4 is 5.73 Å². The molecule has 0 unspecified atom stereocenters. The van der Waals surface area contributed by atoms with Gasteiger partial charge in [0, 0.05) is 10.0 Å². The van der Waals surface area contributed by atoms with E-state index >= 15 is 0 Å². The highest BCUT2D eigenvalue weighted by Gasteiger charge is 2.39. The van der Waals surface area contributed by atoms with Crippen LogP contribution >= 0.6 is 28.3 Å². The first-order valence-electron chi connectivity index (χ1n) is 3.59. The average Bonchev–Trinajstić information content (AvgIpc) is 2.01. The minimum absolute atomic E-state index is 0. The number of alkyl halides is 3. The first-order valence-corrected chi connectivity index (χ1v) is 4.39. The average molecular weight is 308 g/mol. The fourth-order valence-electron chi connectivity index (χ4n) is 0.930.